The van der Waals surface area contributed by atoms with Crippen molar-refractivity contribution in [2.24, 2.45) is 14.1 Å². The Labute approximate surface area is 175 Å². The van der Waals surface area contributed by atoms with E-state index in [2.05, 4.69) is 15.3 Å². The van der Waals surface area contributed by atoms with Crippen molar-refractivity contribution in [2.45, 2.75) is 20.0 Å². The van der Waals surface area contributed by atoms with E-state index in [-0.39, 0.29) is 23.6 Å². The van der Waals surface area contributed by atoms with Crippen molar-refractivity contribution in [1.82, 2.24) is 29.0 Å². The molecule has 0 saturated carbocycles. The number of thiazole rings is 1. The number of hydrogen-bond acceptors (Lipinski definition) is 6. The number of amides is 1. The zero-order valence-electron chi connectivity index (χ0n) is 16.7. The first kappa shape index (κ1) is 19.8. The van der Waals surface area contributed by atoms with Crippen LogP contribution >= 0.6 is 11.3 Å². The van der Waals surface area contributed by atoms with Gasteiger partial charge in [0.15, 0.2) is 11.2 Å². The largest absolute Gasteiger partial charge is 0.350 e. The van der Waals surface area contributed by atoms with Crippen molar-refractivity contribution >= 4 is 28.4 Å². The van der Waals surface area contributed by atoms with Gasteiger partial charge in [0.2, 0.25) is 5.91 Å². The van der Waals surface area contributed by atoms with Gasteiger partial charge in [0, 0.05) is 31.6 Å². The fourth-order valence-electron chi connectivity index (χ4n) is 3.22. The molecule has 0 aliphatic rings. The molecular weight excluding hydrogens is 404 g/mol. The van der Waals surface area contributed by atoms with Crippen LogP contribution in [-0.4, -0.2) is 29.6 Å². The molecule has 0 radical (unpaired) electrons. The van der Waals surface area contributed by atoms with E-state index in [1.54, 1.807) is 11.3 Å². The van der Waals surface area contributed by atoms with Gasteiger partial charge in [0.05, 0.1) is 17.0 Å². The lowest BCUT2D eigenvalue weighted by atomic mass is 10.1. The van der Waals surface area contributed by atoms with Crippen molar-refractivity contribution in [3.8, 4) is 11.3 Å². The standard InChI is InChI=1S/C20H20N6O3S/c1-12-23-15(10-30-12)14-6-4-13(5-7-14)8-21-16(27)9-26-11-22-18-17(26)19(28)25(3)20(29)24(18)2/h4-7,10-11H,8-9H2,1-3H3,(H,21,27). The predicted molar refractivity (Wildman–Crippen MR) is 114 cm³/mol. The molecule has 0 fully saturated rings. The lowest BCUT2D eigenvalue weighted by Crippen LogP contribution is -2.38. The number of fused-ring (bicyclic) bond motifs is 1. The Morgan fingerprint density at radius 3 is 2.53 bits per heavy atom. The highest BCUT2D eigenvalue weighted by molar-refractivity contribution is 7.09. The number of nitrogens with one attached hydrogen (secondary N) is 1. The molecule has 4 rings (SSSR count). The lowest BCUT2D eigenvalue weighted by molar-refractivity contribution is -0.121. The van der Waals surface area contributed by atoms with Crippen LogP contribution in [0.25, 0.3) is 22.4 Å². The normalized spacial score (nSPS) is 11.2. The average Bonchev–Trinajstić information content (AvgIpc) is 3.36. The van der Waals surface area contributed by atoms with Crippen molar-refractivity contribution in [3.63, 3.8) is 0 Å². The van der Waals surface area contributed by atoms with Crippen LogP contribution in [0, 0.1) is 6.92 Å². The minimum absolute atomic E-state index is 0.0693. The number of carbonyl (C=O) groups excluding carboxylic acids is 1. The van der Waals surface area contributed by atoms with Crippen LogP contribution in [0.2, 0.25) is 0 Å². The summed E-state index contributed by atoms with van der Waals surface area (Å²) in [7, 11) is 2.94. The van der Waals surface area contributed by atoms with Crippen LogP contribution < -0.4 is 16.6 Å². The van der Waals surface area contributed by atoms with Crippen LogP contribution in [0.15, 0.2) is 45.6 Å². The molecule has 0 aliphatic carbocycles. The van der Waals surface area contributed by atoms with Gasteiger partial charge in [-0.05, 0) is 12.5 Å². The maximum atomic E-state index is 12.4. The molecule has 10 heteroatoms. The maximum absolute atomic E-state index is 12.4. The average molecular weight is 424 g/mol. The molecule has 0 aliphatic heterocycles. The first-order chi connectivity index (χ1) is 14.3. The number of aromatic nitrogens is 5. The number of rotatable bonds is 5. The zero-order chi connectivity index (χ0) is 21.4. The summed E-state index contributed by atoms with van der Waals surface area (Å²) in [5.74, 6) is -0.260. The zero-order valence-corrected chi connectivity index (χ0v) is 17.6. The molecule has 30 heavy (non-hydrogen) atoms. The fraction of sp³-hybridized carbons (Fsp3) is 0.250. The summed E-state index contributed by atoms with van der Waals surface area (Å²) < 4.78 is 3.75. The fourth-order valence-corrected chi connectivity index (χ4v) is 3.84. The number of imidazole rings is 1. The Kier molecular flexibility index (Phi) is 5.08. The molecule has 154 valence electrons. The predicted octanol–water partition coefficient (Wildman–Crippen LogP) is 1.18. The van der Waals surface area contributed by atoms with Crippen molar-refractivity contribution in [3.05, 3.63) is 67.4 Å². The summed E-state index contributed by atoms with van der Waals surface area (Å²) in [6.07, 6.45) is 1.40. The SMILES string of the molecule is Cc1nc(-c2ccc(CNC(=O)Cn3cnc4c3c(=O)n(C)c(=O)n4C)cc2)cs1. The Morgan fingerprint density at radius 2 is 1.87 bits per heavy atom. The minimum Gasteiger partial charge on any atom is -0.350 e. The van der Waals surface area contributed by atoms with Gasteiger partial charge >= 0.3 is 5.69 Å². The lowest BCUT2D eigenvalue weighted by Gasteiger charge is -2.08. The van der Waals surface area contributed by atoms with Gasteiger partial charge in [-0.25, -0.2) is 14.8 Å². The highest BCUT2D eigenvalue weighted by atomic mass is 32.1. The Hall–Kier alpha value is -3.53. The van der Waals surface area contributed by atoms with E-state index in [1.807, 2.05) is 36.6 Å². The smallest absolute Gasteiger partial charge is 0.332 e. The Morgan fingerprint density at radius 1 is 1.13 bits per heavy atom. The van der Waals surface area contributed by atoms with Gasteiger partial charge < -0.3 is 9.88 Å². The third-order valence-electron chi connectivity index (χ3n) is 4.89. The van der Waals surface area contributed by atoms with E-state index in [9.17, 15) is 14.4 Å². The molecule has 0 bridgehead atoms. The van der Waals surface area contributed by atoms with Crippen molar-refractivity contribution in [2.75, 3.05) is 0 Å². The van der Waals surface area contributed by atoms with Crippen LogP contribution in [0.5, 0.6) is 0 Å². The highest BCUT2D eigenvalue weighted by Gasteiger charge is 2.15. The topological polar surface area (TPSA) is 104 Å². The van der Waals surface area contributed by atoms with E-state index in [0.29, 0.717) is 6.54 Å². The first-order valence-electron chi connectivity index (χ1n) is 9.24. The second-order valence-corrected chi connectivity index (χ2v) is 8.04. The molecule has 3 heterocycles. The number of hydrogen-bond donors (Lipinski definition) is 1. The maximum Gasteiger partial charge on any atom is 0.332 e. The summed E-state index contributed by atoms with van der Waals surface area (Å²) >= 11 is 1.61. The Bertz CT molecular complexity index is 1360. The molecule has 4 aromatic rings. The summed E-state index contributed by atoms with van der Waals surface area (Å²) in [5.41, 5.74) is 2.45. The summed E-state index contributed by atoms with van der Waals surface area (Å²) in [4.78, 5) is 45.5. The Balaban J connectivity index is 1.46. The van der Waals surface area contributed by atoms with Crippen LogP contribution in [0.1, 0.15) is 10.6 Å². The first-order valence-corrected chi connectivity index (χ1v) is 10.1. The third-order valence-corrected chi connectivity index (χ3v) is 5.66. The highest BCUT2D eigenvalue weighted by Crippen LogP contribution is 2.21. The van der Waals surface area contributed by atoms with E-state index >= 15 is 0 Å². The molecule has 0 unspecified atom stereocenters. The van der Waals surface area contributed by atoms with E-state index in [1.165, 1.54) is 29.6 Å². The second kappa shape index (κ2) is 7.71. The van der Waals surface area contributed by atoms with Gasteiger partial charge in [0.25, 0.3) is 5.56 Å². The van der Waals surface area contributed by atoms with Gasteiger partial charge in [-0.15, -0.1) is 11.3 Å². The summed E-state index contributed by atoms with van der Waals surface area (Å²) in [6.45, 7) is 2.26. The molecule has 3 aromatic heterocycles. The summed E-state index contributed by atoms with van der Waals surface area (Å²) in [5, 5.41) is 5.88. The molecule has 0 saturated heterocycles. The van der Waals surface area contributed by atoms with Gasteiger partial charge in [-0.3, -0.25) is 18.7 Å². The molecule has 1 N–H and O–H groups in total. The van der Waals surface area contributed by atoms with Crippen molar-refractivity contribution < 1.29 is 4.79 Å². The summed E-state index contributed by atoms with van der Waals surface area (Å²) in [6, 6.07) is 7.85. The molecule has 0 spiro atoms. The van der Waals surface area contributed by atoms with E-state index in [0.717, 1.165) is 26.4 Å². The van der Waals surface area contributed by atoms with Crippen LogP contribution in [-0.2, 0) is 32.0 Å². The number of carbonyl (C=O) groups is 1. The molecule has 0 atom stereocenters. The van der Waals surface area contributed by atoms with E-state index < -0.39 is 11.2 Å². The monoisotopic (exact) mass is 424 g/mol. The molecular formula is C20H20N6O3S. The van der Waals surface area contributed by atoms with Gasteiger partial charge in [-0.1, -0.05) is 24.3 Å². The molecule has 1 aromatic carbocycles. The number of aryl methyl sites for hydroxylation is 2. The second-order valence-electron chi connectivity index (χ2n) is 6.98. The third kappa shape index (κ3) is 3.57. The molecule has 9 nitrogen and oxygen atoms in total. The quantitative estimate of drug-likeness (QED) is 0.518. The minimum atomic E-state index is -0.480. The van der Waals surface area contributed by atoms with Gasteiger partial charge in [-0.2, -0.15) is 0 Å². The number of benzene rings is 1. The van der Waals surface area contributed by atoms with Gasteiger partial charge in [0.1, 0.15) is 6.54 Å². The molecule has 1 amide bonds. The van der Waals surface area contributed by atoms with Crippen LogP contribution in [0.4, 0.5) is 0 Å². The van der Waals surface area contributed by atoms with Crippen molar-refractivity contribution in [1.29, 1.82) is 0 Å². The van der Waals surface area contributed by atoms with E-state index in [4.69, 9.17) is 0 Å². The van der Waals surface area contributed by atoms with Crippen LogP contribution in [0.3, 0.4) is 0 Å². The number of nitrogens with zero attached hydrogens (tertiary/aromatic N) is 5.